The summed E-state index contributed by atoms with van der Waals surface area (Å²) in [7, 11) is 0. The number of anilines is 1. The lowest BCUT2D eigenvalue weighted by atomic mass is 10.2. The Morgan fingerprint density at radius 2 is 1.55 bits per heavy atom. The van der Waals surface area contributed by atoms with Crippen LogP contribution in [0.4, 0.5) is 5.69 Å². The fourth-order valence-corrected chi connectivity index (χ4v) is 2.54. The fourth-order valence-electron chi connectivity index (χ4n) is 2.54. The number of benzene rings is 2. The van der Waals surface area contributed by atoms with Crippen molar-refractivity contribution in [3.05, 3.63) is 48.5 Å². The third-order valence-electron chi connectivity index (χ3n) is 3.49. The monoisotopic (exact) mass is 269 g/mol. The van der Waals surface area contributed by atoms with Gasteiger partial charge in [0.2, 0.25) is 0 Å². The third-order valence-corrected chi connectivity index (χ3v) is 3.49. The van der Waals surface area contributed by atoms with Gasteiger partial charge in [-0.05, 0) is 37.8 Å². The first-order valence-corrected chi connectivity index (χ1v) is 7.10. The van der Waals surface area contributed by atoms with Crippen LogP contribution >= 0.6 is 0 Å². The predicted molar refractivity (Wildman–Crippen MR) is 80.3 cm³/mol. The van der Waals surface area contributed by atoms with Crippen molar-refractivity contribution in [2.75, 3.05) is 5.73 Å². The number of nitrogens with two attached hydrogens (primary N) is 1. The highest BCUT2D eigenvalue weighted by Crippen LogP contribution is 2.31. The summed E-state index contributed by atoms with van der Waals surface area (Å²) in [6.07, 6.45) is 5.08. The molecule has 0 heterocycles. The number of hydrogen-bond acceptors (Lipinski definition) is 3. The molecule has 0 aliphatic heterocycles. The highest BCUT2D eigenvalue weighted by atomic mass is 16.5. The molecule has 0 saturated heterocycles. The standard InChI is InChI=1S/C17H19NO2/c18-13-10-16(19-14-6-2-1-3-7-14)12-17(11-13)20-15-8-4-5-9-15/h1-3,6-7,10-12,15H,4-5,8-9,18H2. The lowest BCUT2D eigenvalue weighted by Gasteiger charge is -2.15. The second-order valence-electron chi connectivity index (χ2n) is 5.18. The Morgan fingerprint density at radius 3 is 2.30 bits per heavy atom. The lowest BCUT2D eigenvalue weighted by Crippen LogP contribution is -2.11. The SMILES string of the molecule is Nc1cc(Oc2ccccc2)cc(OC2CCCC2)c1. The molecule has 3 rings (SSSR count). The second-order valence-corrected chi connectivity index (χ2v) is 5.18. The van der Waals surface area contributed by atoms with E-state index in [0.29, 0.717) is 17.5 Å². The molecule has 0 spiro atoms. The second kappa shape index (κ2) is 5.87. The molecule has 3 nitrogen and oxygen atoms in total. The summed E-state index contributed by atoms with van der Waals surface area (Å²) < 4.78 is 11.8. The molecule has 104 valence electrons. The van der Waals surface area contributed by atoms with Gasteiger partial charge in [0, 0.05) is 23.9 Å². The number of para-hydroxylation sites is 1. The van der Waals surface area contributed by atoms with E-state index in [9.17, 15) is 0 Å². The molecule has 0 atom stereocenters. The first-order chi connectivity index (χ1) is 9.79. The highest BCUT2D eigenvalue weighted by molar-refractivity contribution is 5.51. The van der Waals surface area contributed by atoms with E-state index < -0.39 is 0 Å². The van der Waals surface area contributed by atoms with Crippen LogP contribution in [0.2, 0.25) is 0 Å². The van der Waals surface area contributed by atoms with E-state index in [4.69, 9.17) is 15.2 Å². The van der Waals surface area contributed by atoms with Crippen molar-refractivity contribution in [2.45, 2.75) is 31.8 Å². The van der Waals surface area contributed by atoms with Crippen molar-refractivity contribution < 1.29 is 9.47 Å². The van der Waals surface area contributed by atoms with Crippen molar-refractivity contribution in [1.29, 1.82) is 0 Å². The van der Waals surface area contributed by atoms with E-state index in [1.807, 2.05) is 48.5 Å². The third kappa shape index (κ3) is 3.23. The van der Waals surface area contributed by atoms with Gasteiger partial charge < -0.3 is 15.2 Å². The number of rotatable bonds is 4. The molecule has 1 saturated carbocycles. The van der Waals surface area contributed by atoms with Crippen LogP contribution in [0.25, 0.3) is 0 Å². The van der Waals surface area contributed by atoms with Gasteiger partial charge >= 0.3 is 0 Å². The zero-order valence-corrected chi connectivity index (χ0v) is 11.4. The summed E-state index contributed by atoms with van der Waals surface area (Å²) in [5, 5.41) is 0. The zero-order valence-electron chi connectivity index (χ0n) is 11.4. The molecule has 2 N–H and O–H groups in total. The zero-order chi connectivity index (χ0) is 13.8. The Balaban J connectivity index is 1.75. The highest BCUT2D eigenvalue weighted by Gasteiger charge is 2.17. The first kappa shape index (κ1) is 12.9. The summed E-state index contributed by atoms with van der Waals surface area (Å²) in [4.78, 5) is 0. The normalized spacial score (nSPS) is 15.2. The van der Waals surface area contributed by atoms with E-state index >= 15 is 0 Å². The molecule has 0 aromatic heterocycles. The van der Waals surface area contributed by atoms with Crippen molar-refractivity contribution in [1.82, 2.24) is 0 Å². The quantitative estimate of drug-likeness (QED) is 0.837. The van der Waals surface area contributed by atoms with Crippen molar-refractivity contribution in [3.8, 4) is 17.2 Å². The minimum Gasteiger partial charge on any atom is -0.490 e. The van der Waals surface area contributed by atoms with Gasteiger partial charge in [-0.3, -0.25) is 0 Å². The van der Waals surface area contributed by atoms with E-state index in [1.165, 1.54) is 12.8 Å². The molecule has 3 heteroatoms. The van der Waals surface area contributed by atoms with E-state index in [2.05, 4.69) is 0 Å². The van der Waals surface area contributed by atoms with Gasteiger partial charge in [0.25, 0.3) is 0 Å². The summed E-state index contributed by atoms with van der Waals surface area (Å²) in [6, 6.07) is 15.3. The molecule has 1 aliphatic rings. The molecule has 1 fully saturated rings. The smallest absolute Gasteiger partial charge is 0.133 e. The molecule has 0 unspecified atom stereocenters. The van der Waals surface area contributed by atoms with Gasteiger partial charge in [-0.15, -0.1) is 0 Å². The number of nitrogen functional groups attached to an aromatic ring is 1. The fraction of sp³-hybridized carbons (Fsp3) is 0.294. The van der Waals surface area contributed by atoms with E-state index in [1.54, 1.807) is 0 Å². The number of ether oxygens (including phenoxy) is 2. The molecule has 20 heavy (non-hydrogen) atoms. The topological polar surface area (TPSA) is 44.5 Å². The Hall–Kier alpha value is -2.16. The molecule has 0 bridgehead atoms. The largest absolute Gasteiger partial charge is 0.490 e. The molecular weight excluding hydrogens is 250 g/mol. The van der Waals surface area contributed by atoms with Gasteiger partial charge in [0.15, 0.2) is 0 Å². The van der Waals surface area contributed by atoms with Crippen molar-refractivity contribution in [3.63, 3.8) is 0 Å². The van der Waals surface area contributed by atoms with Crippen molar-refractivity contribution >= 4 is 5.69 Å². The molecule has 2 aromatic rings. The van der Waals surface area contributed by atoms with Crippen LogP contribution in [0.5, 0.6) is 17.2 Å². The number of hydrogen-bond donors (Lipinski definition) is 1. The Bertz CT molecular complexity index is 562. The van der Waals surface area contributed by atoms with Crippen LogP contribution in [-0.2, 0) is 0 Å². The predicted octanol–water partition coefficient (Wildman–Crippen LogP) is 4.38. The average molecular weight is 269 g/mol. The van der Waals surface area contributed by atoms with Gasteiger partial charge in [0.05, 0.1) is 6.10 Å². The van der Waals surface area contributed by atoms with E-state index in [0.717, 1.165) is 24.3 Å². The summed E-state index contributed by atoms with van der Waals surface area (Å²) in [5.74, 6) is 2.30. The maximum Gasteiger partial charge on any atom is 0.133 e. The van der Waals surface area contributed by atoms with Gasteiger partial charge in [-0.25, -0.2) is 0 Å². The Labute approximate surface area is 119 Å². The first-order valence-electron chi connectivity index (χ1n) is 7.10. The van der Waals surface area contributed by atoms with Gasteiger partial charge in [-0.1, -0.05) is 18.2 Å². The minimum absolute atomic E-state index is 0.321. The molecule has 0 radical (unpaired) electrons. The van der Waals surface area contributed by atoms with Crippen LogP contribution < -0.4 is 15.2 Å². The summed E-state index contributed by atoms with van der Waals surface area (Å²) in [5.41, 5.74) is 6.59. The van der Waals surface area contributed by atoms with Crippen LogP contribution in [0.15, 0.2) is 48.5 Å². The maximum atomic E-state index is 5.97. The van der Waals surface area contributed by atoms with Gasteiger partial charge in [0.1, 0.15) is 17.2 Å². The minimum atomic E-state index is 0.321. The Kier molecular flexibility index (Phi) is 3.77. The van der Waals surface area contributed by atoms with Crippen LogP contribution in [0.1, 0.15) is 25.7 Å². The summed E-state index contributed by atoms with van der Waals surface area (Å²) >= 11 is 0. The average Bonchev–Trinajstić information content (AvgIpc) is 2.92. The molecule has 1 aliphatic carbocycles. The van der Waals surface area contributed by atoms with E-state index in [-0.39, 0.29) is 0 Å². The lowest BCUT2D eigenvalue weighted by molar-refractivity contribution is 0.209. The van der Waals surface area contributed by atoms with Crippen molar-refractivity contribution in [2.24, 2.45) is 0 Å². The van der Waals surface area contributed by atoms with Gasteiger partial charge in [-0.2, -0.15) is 0 Å². The summed E-state index contributed by atoms with van der Waals surface area (Å²) in [6.45, 7) is 0. The maximum absolute atomic E-state index is 5.97. The van der Waals surface area contributed by atoms with Crippen LogP contribution in [0.3, 0.4) is 0 Å². The van der Waals surface area contributed by atoms with Crippen LogP contribution in [0, 0.1) is 0 Å². The molecule has 0 amide bonds. The Morgan fingerprint density at radius 1 is 0.850 bits per heavy atom. The van der Waals surface area contributed by atoms with Crippen LogP contribution in [-0.4, -0.2) is 6.10 Å². The molecule has 2 aromatic carbocycles. The molecular formula is C17H19NO2.